The molecule has 2 aliphatic heterocycles. The fraction of sp³-hybridized carbons (Fsp3) is 0.448. The molecule has 0 aliphatic carbocycles. The van der Waals surface area contributed by atoms with Crippen molar-refractivity contribution in [2.45, 2.75) is 25.1 Å². The van der Waals surface area contributed by atoms with E-state index in [0.717, 1.165) is 29.9 Å². The molecule has 3 heterocycles. The van der Waals surface area contributed by atoms with Crippen molar-refractivity contribution in [1.29, 1.82) is 0 Å². The summed E-state index contributed by atoms with van der Waals surface area (Å²) in [7, 11) is 3.14. The Morgan fingerprint density at radius 2 is 1.65 bits per heavy atom. The van der Waals surface area contributed by atoms with Crippen molar-refractivity contribution in [1.82, 2.24) is 14.9 Å². The summed E-state index contributed by atoms with van der Waals surface area (Å²) in [5.41, 5.74) is 4.24. The lowest BCUT2D eigenvalue weighted by molar-refractivity contribution is -0.208. The van der Waals surface area contributed by atoms with E-state index in [1.54, 1.807) is 12.0 Å². The minimum atomic E-state index is -4.65. The number of halogens is 4. The monoisotopic (exact) mass is 622 g/mol. The number of fused-ring (bicyclic) bond motifs is 1. The molecule has 3 N–H and O–H groups in total. The van der Waals surface area contributed by atoms with Gasteiger partial charge in [0.05, 0.1) is 45.0 Å². The second-order valence-corrected chi connectivity index (χ2v) is 10.7. The molecular weight excluding hydrogens is 589 g/mol. The zero-order valence-corrected chi connectivity index (χ0v) is 24.6. The van der Waals surface area contributed by atoms with Crippen LogP contribution in [0, 0.1) is 0 Å². The van der Waals surface area contributed by atoms with E-state index in [-0.39, 0.29) is 5.95 Å². The van der Waals surface area contributed by atoms with Gasteiger partial charge >= 0.3 is 6.18 Å². The number of aliphatic hydroxyl groups is 1. The normalized spacial score (nSPS) is 16.7. The van der Waals surface area contributed by atoms with Crippen molar-refractivity contribution in [3.05, 3.63) is 52.7 Å². The van der Waals surface area contributed by atoms with Crippen LogP contribution in [0.4, 0.5) is 42.0 Å². The van der Waals surface area contributed by atoms with E-state index in [9.17, 15) is 18.3 Å². The van der Waals surface area contributed by atoms with Crippen molar-refractivity contribution < 1.29 is 32.5 Å². The summed E-state index contributed by atoms with van der Waals surface area (Å²) in [6.07, 6.45) is -4.52. The van der Waals surface area contributed by atoms with Gasteiger partial charge in [-0.3, -0.25) is 4.90 Å². The Morgan fingerprint density at radius 1 is 0.977 bits per heavy atom. The van der Waals surface area contributed by atoms with Gasteiger partial charge in [0, 0.05) is 44.5 Å². The third kappa shape index (κ3) is 7.53. The Hall–Kier alpha value is -3.52. The predicted molar refractivity (Wildman–Crippen MR) is 159 cm³/mol. The van der Waals surface area contributed by atoms with Gasteiger partial charge in [0.25, 0.3) is 0 Å². The van der Waals surface area contributed by atoms with Crippen LogP contribution in [0.15, 0.2) is 36.5 Å². The molecule has 0 amide bonds. The standard InChI is InChI=1S/C29H34ClF3N6O4/c1-41-24-14-19-6-8-38(17-26(40)29(31,32)33)7-5-18(19)13-23(24)36-28-34-16-21(30)27(37-28)35-22-4-3-20(15-25(22)42-2)39-9-11-43-12-10-39/h3-4,13-16,26,40H,5-12,17H2,1-2H3,(H2,34,35,36,37)/t26-/m0/s1. The average molecular weight is 623 g/mol. The molecule has 1 aromatic heterocycles. The SMILES string of the molecule is COc1cc2c(cc1Nc1ncc(Cl)c(Nc3ccc(N4CCOCC4)cc3OC)n1)CCN(C[C@H](O)C(F)(F)F)CC2. The molecule has 0 radical (unpaired) electrons. The van der Waals surface area contributed by atoms with Crippen LogP contribution >= 0.6 is 11.6 Å². The maximum absolute atomic E-state index is 12.9. The van der Waals surface area contributed by atoms with Crippen LogP contribution in [-0.4, -0.2) is 92.4 Å². The lowest BCUT2D eigenvalue weighted by atomic mass is 10.0. The van der Waals surface area contributed by atoms with Gasteiger partial charge in [-0.2, -0.15) is 18.2 Å². The smallest absolute Gasteiger partial charge is 0.415 e. The molecule has 5 rings (SSSR count). The Morgan fingerprint density at radius 3 is 2.33 bits per heavy atom. The number of ether oxygens (including phenoxy) is 3. The van der Waals surface area contributed by atoms with Gasteiger partial charge in [0.1, 0.15) is 16.5 Å². The summed E-state index contributed by atoms with van der Waals surface area (Å²) < 4.78 is 55.4. The first kappa shape index (κ1) is 30.9. The van der Waals surface area contributed by atoms with Crippen LogP contribution in [0.5, 0.6) is 11.5 Å². The second kappa shape index (κ2) is 13.4. The number of alkyl halides is 3. The van der Waals surface area contributed by atoms with Crippen molar-refractivity contribution >= 4 is 40.4 Å². The number of β-amino-alcohol motifs (C(OH)–C–C–N with tert-alkyl or cyclic N) is 1. The molecule has 43 heavy (non-hydrogen) atoms. The van der Waals surface area contributed by atoms with E-state index < -0.39 is 18.8 Å². The summed E-state index contributed by atoms with van der Waals surface area (Å²) in [5.74, 6) is 1.79. The number of hydrogen-bond acceptors (Lipinski definition) is 10. The molecule has 2 aliphatic rings. The highest BCUT2D eigenvalue weighted by Crippen LogP contribution is 2.36. The molecule has 0 spiro atoms. The van der Waals surface area contributed by atoms with Gasteiger partial charge in [-0.05, 0) is 48.2 Å². The van der Waals surface area contributed by atoms with Gasteiger partial charge in [-0.1, -0.05) is 11.6 Å². The molecule has 10 nitrogen and oxygen atoms in total. The average Bonchev–Trinajstić information content (AvgIpc) is 3.20. The van der Waals surface area contributed by atoms with Crippen molar-refractivity contribution in [3.63, 3.8) is 0 Å². The molecule has 1 saturated heterocycles. The molecular formula is C29H34ClF3N6O4. The Balaban J connectivity index is 1.32. The minimum Gasteiger partial charge on any atom is -0.495 e. The molecule has 1 atom stereocenters. The summed E-state index contributed by atoms with van der Waals surface area (Å²) in [5, 5.41) is 16.3. The number of aliphatic hydroxyl groups excluding tert-OH is 1. The Kier molecular flexibility index (Phi) is 9.65. The number of benzene rings is 2. The number of anilines is 5. The van der Waals surface area contributed by atoms with Gasteiger partial charge in [-0.15, -0.1) is 0 Å². The zero-order chi connectivity index (χ0) is 30.6. The van der Waals surface area contributed by atoms with E-state index in [2.05, 4.69) is 25.5 Å². The van der Waals surface area contributed by atoms with Crippen molar-refractivity contribution in [3.8, 4) is 11.5 Å². The highest BCUT2D eigenvalue weighted by molar-refractivity contribution is 6.33. The second-order valence-electron chi connectivity index (χ2n) is 10.3. The number of hydrogen-bond donors (Lipinski definition) is 3. The number of nitrogens with zero attached hydrogens (tertiary/aromatic N) is 4. The summed E-state index contributed by atoms with van der Waals surface area (Å²) in [4.78, 5) is 12.8. The molecule has 3 aromatic rings. The first-order valence-electron chi connectivity index (χ1n) is 13.9. The van der Waals surface area contributed by atoms with Crippen LogP contribution < -0.4 is 25.0 Å². The van der Waals surface area contributed by atoms with E-state index in [0.29, 0.717) is 72.9 Å². The van der Waals surface area contributed by atoms with Crippen LogP contribution in [0.3, 0.4) is 0 Å². The molecule has 0 unspecified atom stereocenters. The Labute approximate surface area is 252 Å². The van der Waals surface area contributed by atoms with Gasteiger partial charge in [0.15, 0.2) is 11.9 Å². The Bertz CT molecular complexity index is 1420. The van der Waals surface area contributed by atoms with Crippen molar-refractivity contribution in [2.24, 2.45) is 0 Å². The first-order valence-corrected chi connectivity index (χ1v) is 14.3. The molecule has 2 aromatic carbocycles. The minimum absolute atomic E-state index is 0.262. The van der Waals surface area contributed by atoms with E-state index >= 15 is 0 Å². The lowest BCUT2D eigenvalue weighted by Crippen LogP contribution is -2.41. The van der Waals surface area contributed by atoms with Crippen LogP contribution in [0.25, 0.3) is 0 Å². The van der Waals surface area contributed by atoms with E-state index in [4.69, 9.17) is 25.8 Å². The number of methoxy groups -OCH3 is 2. The fourth-order valence-corrected chi connectivity index (χ4v) is 5.30. The highest BCUT2D eigenvalue weighted by Gasteiger charge is 2.39. The fourth-order valence-electron chi connectivity index (χ4n) is 5.16. The quantitative estimate of drug-likeness (QED) is 0.308. The van der Waals surface area contributed by atoms with Gasteiger partial charge in [0.2, 0.25) is 5.95 Å². The topological polar surface area (TPSA) is 104 Å². The highest BCUT2D eigenvalue weighted by atomic mass is 35.5. The van der Waals surface area contributed by atoms with Crippen LogP contribution in [0.2, 0.25) is 5.02 Å². The maximum atomic E-state index is 12.9. The number of aromatic nitrogens is 2. The molecule has 0 saturated carbocycles. The third-order valence-corrected chi connectivity index (χ3v) is 7.81. The van der Waals surface area contributed by atoms with Crippen molar-refractivity contribution in [2.75, 3.05) is 75.7 Å². The number of nitrogens with one attached hydrogen (secondary N) is 2. The summed E-state index contributed by atoms with van der Waals surface area (Å²) >= 11 is 6.45. The molecule has 232 valence electrons. The molecule has 0 bridgehead atoms. The summed E-state index contributed by atoms with van der Waals surface area (Å²) in [6.45, 7) is 3.26. The molecule has 14 heteroatoms. The summed E-state index contributed by atoms with van der Waals surface area (Å²) in [6, 6.07) is 9.62. The van der Waals surface area contributed by atoms with Crippen LogP contribution in [-0.2, 0) is 17.6 Å². The number of morpholine rings is 1. The van der Waals surface area contributed by atoms with Gasteiger partial charge in [-0.25, -0.2) is 4.98 Å². The van der Waals surface area contributed by atoms with Crippen LogP contribution in [0.1, 0.15) is 11.1 Å². The largest absolute Gasteiger partial charge is 0.495 e. The van der Waals surface area contributed by atoms with E-state index in [1.807, 2.05) is 30.3 Å². The van der Waals surface area contributed by atoms with Gasteiger partial charge < -0.3 is 34.9 Å². The predicted octanol–water partition coefficient (Wildman–Crippen LogP) is 4.79. The lowest BCUT2D eigenvalue weighted by Gasteiger charge is -2.29. The third-order valence-electron chi connectivity index (χ3n) is 7.53. The first-order chi connectivity index (χ1) is 20.6. The maximum Gasteiger partial charge on any atom is 0.415 e. The zero-order valence-electron chi connectivity index (χ0n) is 23.9. The number of rotatable bonds is 9. The van der Waals surface area contributed by atoms with E-state index in [1.165, 1.54) is 13.3 Å². The molecule has 1 fully saturated rings.